The highest BCUT2D eigenvalue weighted by atomic mass is 79.9. The molecule has 0 fully saturated rings. The summed E-state index contributed by atoms with van der Waals surface area (Å²) in [5, 5.41) is 5.61. The van der Waals surface area contributed by atoms with Gasteiger partial charge in [-0.2, -0.15) is 0 Å². The first-order valence-electron chi connectivity index (χ1n) is 10.9. The van der Waals surface area contributed by atoms with Crippen molar-refractivity contribution in [2.75, 3.05) is 5.32 Å². The van der Waals surface area contributed by atoms with E-state index >= 15 is 0 Å². The molecule has 0 saturated carbocycles. The smallest absolute Gasteiger partial charge is 0.232 e. The number of fused-ring (bicyclic) bond motifs is 3. The molecule has 2 nitrogen and oxygen atoms in total. The monoisotopic (exact) mass is 479 g/mol. The minimum Gasteiger partial charge on any atom is -0.325 e. The third kappa shape index (κ3) is 2.74. The van der Waals surface area contributed by atoms with E-state index in [4.69, 9.17) is 0 Å². The van der Waals surface area contributed by atoms with Gasteiger partial charge in [0.05, 0.1) is 5.92 Å². The van der Waals surface area contributed by atoms with Crippen molar-refractivity contribution >= 4 is 43.9 Å². The SMILES string of the molecule is CC1=C(c2ccc3ccccc3c2)c2ccccc2C1C1C(=O)Nc2ccc(Br)c(C)c21. The number of allylic oxidation sites excluding steroid dienone is 1. The third-order valence-electron chi connectivity index (χ3n) is 7.10. The molecule has 0 spiro atoms. The summed E-state index contributed by atoms with van der Waals surface area (Å²) in [6.07, 6.45) is 0. The molecule has 156 valence electrons. The van der Waals surface area contributed by atoms with Crippen LogP contribution in [-0.2, 0) is 4.79 Å². The number of nitrogens with one attached hydrogen (secondary N) is 1. The molecule has 0 radical (unpaired) electrons. The van der Waals surface area contributed by atoms with Crippen LogP contribution < -0.4 is 5.32 Å². The van der Waals surface area contributed by atoms with Crippen LogP contribution in [0.5, 0.6) is 0 Å². The van der Waals surface area contributed by atoms with Crippen molar-refractivity contribution in [1.29, 1.82) is 0 Å². The van der Waals surface area contributed by atoms with Gasteiger partial charge >= 0.3 is 0 Å². The molecule has 1 N–H and O–H groups in total. The zero-order valence-corrected chi connectivity index (χ0v) is 19.5. The van der Waals surface area contributed by atoms with Gasteiger partial charge in [-0.05, 0) is 76.2 Å². The van der Waals surface area contributed by atoms with Crippen molar-refractivity contribution in [3.63, 3.8) is 0 Å². The number of amides is 1. The summed E-state index contributed by atoms with van der Waals surface area (Å²) in [5.41, 5.74) is 9.38. The highest BCUT2D eigenvalue weighted by Gasteiger charge is 2.44. The number of halogens is 1. The summed E-state index contributed by atoms with van der Waals surface area (Å²) < 4.78 is 1.04. The van der Waals surface area contributed by atoms with Gasteiger partial charge in [0.1, 0.15) is 0 Å². The van der Waals surface area contributed by atoms with E-state index in [9.17, 15) is 4.79 Å². The molecule has 3 heteroatoms. The summed E-state index contributed by atoms with van der Waals surface area (Å²) in [4.78, 5) is 13.3. The Labute approximate surface area is 196 Å². The number of hydrogen-bond donors (Lipinski definition) is 1. The maximum Gasteiger partial charge on any atom is 0.232 e. The predicted octanol–water partition coefficient (Wildman–Crippen LogP) is 7.57. The zero-order chi connectivity index (χ0) is 22.0. The summed E-state index contributed by atoms with van der Waals surface area (Å²) in [6.45, 7) is 4.30. The molecule has 1 heterocycles. The maximum absolute atomic E-state index is 13.3. The van der Waals surface area contributed by atoms with Crippen LogP contribution in [0.15, 0.2) is 88.9 Å². The minimum absolute atomic E-state index is 0.0157. The summed E-state index contributed by atoms with van der Waals surface area (Å²) in [7, 11) is 0. The Morgan fingerprint density at radius 3 is 2.41 bits per heavy atom. The topological polar surface area (TPSA) is 29.1 Å². The average molecular weight is 480 g/mol. The Morgan fingerprint density at radius 1 is 0.812 bits per heavy atom. The van der Waals surface area contributed by atoms with Gasteiger partial charge in [-0.25, -0.2) is 0 Å². The quantitative estimate of drug-likeness (QED) is 0.315. The van der Waals surface area contributed by atoms with Crippen LogP contribution in [0.2, 0.25) is 0 Å². The molecule has 32 heavy (non-hydrogen) atoms. The molecule has 2 unspecified atom stereocenters. The van der Waals surface area contributed by atoms with Crippen molar-refractivity contribution in [3.05, 3.63) is 117 Å². The van der Waals surface area contributed by atoms with Crippen LogP contribution in [0.1, 0.15) is 46.6 Å². The largest absolute Gasteiger partial charge is 0.325 e. The summed E-state index contributed by atoms with van der Waals surface area (Å²) in [6, 6.07) is 27.7. The Kier molecular flexibility index (Phi) is 4.38. The Bertz CT molecular complexity index is 1470. The molecule has 0 saturated heterocycles. The molecule has 1 aliphatic carbocycles. The highest BCUT2D eigenvalue weighted by molar-refractivity contribution is 9.10. The van der Waals surface area contributed by atoms with Crippen LogP contribution >= 0.6 is 15.9 Å². The van der Waals surface area contributed by atoms with Gasteiger partial charge in [-0.1, -0.05) is 82.2 Å². The molecule has 4 aromatic carbocycles. The second-order valence-corrected chi connectivity index (χ2v) is 9.64. The number of rotatable bonds is 2. The lowest BCUT2D eigenvalue weighted by Gasteiger charge is -2.22. The van der Waals surface area contributed by atoms with Crippen molar-refractivity contribution in [2.45, 2.75) is 25.7 Å². The fraction of sp³-hybridized carbons (Fsp3) is 0.138. The molecule has 6 rings (SSSR count). The van der Waals surface area contributed by atoms with E-state index in [1.807, 2.05) is 12.1 Å². The Morgan fingerprint density at radius 2 is 1.56 bits per heavy atom. The normalized spacial score (nSPS) is 19.3. The van der Waals surface area contributed by atoms with Crippen molar-refractivity contribution in [3.8, 4) is 0 Å². The molecule has 1 amide bonds. The second kappa shape index (κ2) is 7.18. The first-order chi connectivity index (χ1) is 15.5. The van der Waals surface area contributed by atoms with Crippen molar-refractivity contribution < 1.29 is 4.79 Å². The molecular formula is C29H22BrNO. The molecule has 1 aliphatic heterocycles. The lowest BCUT2D eigenvalue weighted by Crippen LogP contribution is -2.20. The number of anilines is 1. The van der Waals surface area contributed by atoms with E-state index in [-0.39, 0.29) is 17.7 Å². The number of carbonyl (C=O) groups excluding carboxylic acids is 1. The number of benzene rings is 4. The van der Waals surface area contributed by atoms with Crippen LogP contribution in [0, 0.1) is 6.92 Å². The van der Waals surface area contributed by atoms with Crippen molar-refractivity contribution in [1.82, 2.24) is 0 Å². The van der Waals surface area contributed by atoms with Gasteiger partial charge in [-0.15, -0.1) is 0 Å². The van der Waals surface area contributed by atoms with E-state index in [0.29, 0.717) is 0 Å². The van der Waals surface area contributed by atoms with Gasteiger partial charge in [0.25, 0.3) is 0 Å². The molecule has 2 atom stereocenters. The number of hydrogen-bond acceptors (Lipinski definition) is 1. The fourth-order valence-electron chi connectivity index (χ4n) is 5.63. The first-order valence-corrected chi connectivity index (χ1v) is 11.7. The molecular weight excluding hydrogens is 458 g/mol. The van der Waals surface area contributed by atoms with Gasteiger partial charge in [0.2, 0.25) is 5.91 Å². The van der Waals surface area contributed by atoms with Gasteiger partial charge in [0, 0.05) is 16.1 Å². The molecule has 4 aromatic rings. The summed E-state index contributed by atoms with van der Waals surface area (Å²) in [5.74, 6) is -0.136. The standard InChI is InChI=1S/C29H22BrNO/c1-16-23(30)13-14-24-27(16)28(29(32)31-24)26-17(2)25(21-9-5-6-10-22(21)26)20-12-11-18-7-3-4-8-19(18)15-20/h3-15,26,28H,1-2H3,(H,31,32). The first kappa shape index (κ1) is 19.5. The lowest BCUT2D eigenvalue weighted by atomic mass is 9.79. The minimum atomic E-state index is -0.235. The van der Waals surface area contributed by atoms with E-state index in [0.717, 1.165) is 21.3 Å². The van der Waals surface area contributed by atoms with Gasteiger partial charge < -0.3 is 5.32 Å². The predicted molar refractivity (Wildman–Crippen MR) is 135 cm³/mol. The summed E-state index contributed by atoms with van der Waals surface area (Å²) >= 11 is 3.67. The second-order valence-electron chi connectivity index (χ2n) is 8.79. The Hall–Kier alpha value is -3.17. The van der Waals surface area contributed by atoms with Crippen LogP contribution in [0.4, 0.5) is 5.69 Å². The molecule has 0 aromatic heterocycles. The van der Waals surface area contributed by atoms with Crippen molar-refractivity contribution in [2.24, 2.45) is 0 Å². The fourth-order valence-corrected chi connectivity index (χ4v) is 5.97. The number of carbonyl (C=O) groups is 1. The van der Waals surface area contributed by atoms with Crippen LogP contribution in [0.25, 0.3) is 16.3 Å². The van der Waals surface area contributed by atoms with Gasteiger partial charge in [-0.3, -0.25) is 4.79 Å². The van der Waals surface area contributed by atoms with E-state index in [1.165, 1.54) is 38.6 Å². The lowest BCUT2D eigenvalue weighted by molar-refractivity contribution is -0.117. The highest BCUT2D eigenvalue weighted by Crippen LogP contribution is 2.54. The van der Waals surface area contributed by atoms with E-state index in [1.54, 1.807) is 0 Å². The maximum atomic E-state index is 13.3. The van der Waals surface area contributed by atoms with Crippen LogP contribution in [-0.4, -0.2) is 5.91 Å². The Balaban J connectivity index is 1.58. The molecule has 0 bridgehead atoms. The van der Waals surface area contributed by atoms with E-state index in [2.05, 4.69) is 102 Å². The molecule has 2 aliphatic rings. The third-order valence-corrected chi connectivity index (χ3v) is 7.96. The van der Waals surface area contributed by atoms with E-state index < -0.39 is 0 Å². The van der Waals surface area contributed by atoms with Gasteiger partial charge in [0.15, 0.2) is 0 Å². The zero-order valence-electron chi connectivity index (χ0n) is 17.9. The van der Waals surface area contributed by atoms with Crippen LogP contribution in [0.3, 0.4) is 0 Å². The average Bonchev–Trinajstić information content (AvgIpc) is 3.29.